The van der Waals surface area contributed by atoms with Gasteiger partial charge in [0.25, 0.3) is 0 Å². The van der Waals surface area contributed by atoms with Gasteiger partial charge in [0.2, 0.25) is 0 Å². The fourth-order valence-corrected chi connectivity index (χ4v) is 2.10. The largest absolute Gasteiger partial charge is 0.489 e. The second-order valence-corrected chi connectivity index (χ2v) is 4.76. The Labute approximate surface area is 124 Å². The number of nitrogens with two attached hydrogens (primary N) is 3. The standard InChI is InChI=1S/C16H21N3O2/c1-20-8-9-21-15-7-6-14(18)12(16(15)19)10-11-4-2-3-5-13(11)17/h2-7H,8-10,17-19H2,1H3. The molecule has 0 radical (unpaired) electrons. The topological polar surface area (TPSA) is 96.5 Å². The number of methoxy groups -OCH3 is 1. The molecule has 0 aliphatic rings. The minimum absolute atomic E-state index is 0.442. The Balaban J connectivity index is 2.26. The predicted octanol–water partition coefficient (Wildman–Crippen LogP) is 2.05. The summed E-state index contributed by atoms with van der Waals surface area (Å²) in [6, 6.07) is 11.2. The van der Waals surface area contributed by atoms with Crippen molar-refractivity contribution in [2.75, 3.05) is 37.5 Å². The Kier molecular flexibility index (Phi) is 4.90. The fraction of sp³-hybridized carbons (Fsp3) is 0.250. The molecule has 0 amide bonds. The Morgan fingerprint density at radius 3 is 2.38 bits per heavy atom. The first-order valence-electron chi connectivity index (χ1n) is 6.75. The van der Waals surface area contributed by atoms with E-state index in [2.05, 4.69) is 0 Å². The molecule has 0 saturated heterocycles. The monoisotopic (exact) mass is 287 g/mol. The average molecular weight is 287 g/mol. The minimum atomic E-state index is 0.442. The molecular formula is C16H21N3O2. The zero-order valence-electron chi connectivity index (χ0n) is 12.1. The molecule has 0 unspecified atom stereocenters. The third-order valence-corrected chi connectivity index (χ3v) is 3.32. The molecule has 0 bridgehead atoms. The predicted molar refractivity (Wildman–Crippen MR) is 86.3 cm³/mol. The molecule has 5 heteroatoms. The molecule has 112 valence electrons. The molecule has 0 heterocycles. The van der Waals surface area contributed by atoms with Crippen molar-refractivity contribution < 1.29 is 9.47 Å². The molecule has 0 atom stereocenters. The zero-order valence-corrected chi connectivity index (χ0v) is 12.1. The summed E-state index contributed by atoms with van der Waals surface area (Å²) in [7, 11) is 1.62. The molecule has 2 aromatic carbocycles. The molecule has 2 aromatic rings. The van der Waals surface area contributed by atoms with Crippen LogP contribution in [0.3, 0.4) is 0 Å². The van der Waals surface area contributed by atoms with Crippen LogP contribution < -0.4 is 21.9 Å². The number of nitrogen functional groups attached to an aromatic ring is 3. The van der Waals surface area contributed by atoms with E-state index in [9.17, 15) is 0 Å². The number of para-hydroxylation sites is 1. The van der Waals surface area contributed by atoms with Crippen LogP contribution >= 0.6 is 0 Å². The molecular weight excluding hydrogens is 266 g/mol. The second kappa shape index (κ2) is 6.85. The number of ether oxygens (including phenoxy) is 2. The lowest BCUT2D eigenvalue weighted by Gasteiger charge is -2.15. The van der Waals surface area contributed by atoms with Gasteiger partial charge in [-0.25, -0.2) is 0 Å². The highest BCUT2D eigenvalue weighted by atomic mass is 16.5. The minimum Gasteiger partial charge on any atom is -0.489 e. The van der Waals surface area contributed by atoms with E-state index in [1.54, 1.807) is 19.2 Å². The van der Waals surface area contributed by atoms with E-state index in [0.717, 1.165) is 16.8 Å². The van der Waals surface area contributed by atoms with Gasteiger partial charge in [-0.1, -0.05) is 18.2 Å². The number of rotatable bonds is 6. The van der Waals surface area contributed by atoms with Crippen LogP contribution in [-0.2, 0) is 11.2 Å². The van der Waals surface area contributed by atoms with E-state index in [4.69, 9.17) is 26.7 Å². The van der Waals surface area contributed by atoms with Gasteiger partial charge < -0.3 is 26.7 Å². The molecule has 6 N–H and O–H groups in total. The van der Waals surface area contributed by atoms with Crippen molar-refractivity contribution in [1.82, 2.24) is 0 Å². The van der Waals surface area contributed by atoms with Crippen LogP contribution in [-0.4, -0.2) is 20.3 Å². The average Bonchev–Trinajstić information content (AvgIpc) is 2.48. The number of anilines is 3. The highest BCUT2D eigenvalue weighted by molar-refractivity contribution is 5.70. The van der Waals surface area contributed by atoms with E-state index in [0.29, 0.717) is 36.8 Å². The summed E-state index contributed by atoms with van der Waals surface area (Å²) in [6.07, 6.45) is 0.575. The SMILES string of the molecule is COCCOc1ccc(N)c(Cc2ccccc2N)c1N. The van der Waals surface area contributed by atoms with Crippen LogP contribution in [0.1, 0.15) is 11.1 Å². The molecule has 21 heavy (non-hydrogen) atoms. The summed E-state index contributed by atoms with van der Waals surface area (Å²) in [5, 5.41) is 0. The van der Waals surface area contributed by atoms with Crippen molar-refractivity contribution in [3.63, 3.8) is 0 Å². The number of hydrogen-bond acceptors (Lipinski definition) is 5. The number of benzene rings is 2. The van der Waals surface area contributed by atoms with Crippen molar-refractivity contribution in [3.8, 4) is 5.75 Å². The van der Waals surface area contributed by atoms with Gasteiger partial charge in [0.1, 0.15) is 12.4 Å². The highest BCUT2D eigenvalue weighted by Crippen LogP contribution is 2.32. The van der Waals surface area contributed by atoms with Gasteiger partial charge >= 0.3 is 0 Å². The van der Waals surface area contributed by atoms with Crippen LogP contribution in [0.4, 0.5) is 17.1 Å². The first kappa shape index (κ1) is 15.0. The smallest absolute Gasteiger partial charge is 0.142 e. The third-order valence-electron chi connectivity index (χ3n) is 3.32. The van der Waals surface area contributed by atoms with Gasteiger partial charge in [-0.3, -0.25) is 0 Å². The van der Waals surface area contributed by atoms with Crippen LogP contribution in [0, 0.1) is 0 Å². The van der Waals surface area contributed by atoms with Crippen LogP contribution in [0.15, 0.2) is 36.4 Å². The van der Waals surface area contributed by atoms with E-state index < -0.39 is 0 Å². The molecule has 0 aliphatic heterocycles. The summed E-state index contributed by atoms with van der Waals surface area (Å²) in [5.41, 5.74) is 21.9. The normalized spacial score (nSPS) is 10.5. The molecule has 5 nitrogen and oxygen atoms in total. The summed E-state index contributed by atoms with van der Waals surface area (Å²) in [4.78, 5) is 0. The molecule has 0 aromatic heterocycles. The van der Waals surface area contributed by atoms with Crippen molar-refractivity contribution in [3.05, 3.63) is 47.5 Å². The van der Waals surface area contributed by atoms with Crippen LogP contribution in [0.2, 0.25) is 0 Å². The Hall–Kier alpha value is -2.40. The quantitative estimate of drug-likeness (QED) is 0.558. The Morgan fingerprint density at radius 2 is 1.67 bits per heavy atom. The van der Waals surface area contributed by atoms with E-state index in [1.807, 2.05) is 24.3 Å². The van der Waals surface area contributed by atoms with E-state index >= 15 is 0 Å². The van der Waals surface area contributed by atoms with Gasteiger partial charge in [-0.05, 0) is 23.8 Å². The van der Waals surface area contributed by atoms with Gasteiger partial charge in [0, 0.05) is 30.5 Å². The molecule has 2 rings (SSSR count). The molecule has 0 spiro atoms. The summed E-state index contributed by atoms with van der Waals surface area (Å²) in [5.74, 6) is 0.616. The van der Waals surface area contributed by atoms with E-state index in [-0.39, 0.29) is 0 Å². The van der Waals surface area contributed by atoms with Gasteiger partial charge in [-0.2, -0.15) is 0 Å². The summed E-state index contributed by atoms with van der Waals surface area (Å²) < 4.78 is 10.6. The van der Waals surface area contributed by atoms with Crippen LogP contribution in [0.25, 0.3) is 0 Å². The second-order valence-electron chi connectivity index (χ2n) is 4.76. The maximum absolute atomic E-state index is 6.18. The molecule has 0 fully saturated rings. The first-order chi connectivity index (χ1) is 10.1. The lowest BCUT2D eigenvalue weighted by atomic mass is 10.00. The first-order valence-corrected chi connectivity index (χ1v) is 6.75. The van der Waals surface area contributed by atoms with E-state index in [1.165, 1.54) is 0 Å². The lowest BCUT2D eigenvalue weighted by Crippen LogP contribution is -2.09. The van der Waals surface area contributed by atoms with Gasteiger partial charge in [-0.15, -0.1) is 0 Å². The lowest BCUT2D eigenvalue weighted by molar-refractivity contribution is 0.146. The summed E-state index contributed by atoms with van der Waals surface area (Å²) >= 11 is 0. The Bertz CT molecular complexity index is 614. The zero-order chi connectivity index (χ0) is 15.2. The van der Waals surface area contributed by atoms with Gasteiger partial charge in [0.15, 0.2) is 0 Å². The third kappa shape index (κ3) is 3.58. The number of hydrogen-bond donors (Lipinski definition) is 3. The molecule has 0 saturated carbocycles. The van der Waals surface area contributed by atoms with Crippen molar-refractivity contribution in [2.24, 2.45) is 0 Å². The summed E-state index contributed by atoms with van der Waals surface area (Å²) in [6.45, 7) is 0.947. The van der Waals surface area contributed by atoms with Crippen molar-refractivity contribution in [1.29, 1.82) is 0 Å². The highest BCUT2D eigenvalue weighted by Gasteiger charge is 2.12. The Morgan fingerprint density at radius 1 is 0.905 bits per heavy atom. The van der Waals surface area contributed by atoms with Crippen LogP contribution in [0.5, 0.6) is 5.75 Å². The maximum atomic E-state index is 6.18. The fourth-order valence-electron chi connectivity index (χ4n) is 2.10. The van der Waals surface area contributed by atoms with Crippen molar-refractivity contribution in [2.45, 2.75) is 6.42 Å². The molecule has 0 aliphatic carbocycles. The maximum Gasteiger partial charge on any atom is 0.142 e. The van der Waals surface area contributed by atoms with Gasteiger partial charge in [0.05, 0.1) is 12.3 Å². The van der Waals surface area contributed by atoms with Crippen molar-refractivity contribution >= 4 is 17.1 Å².